The SMILES string of the molecule is CC(C)(COc1ccc(N)cc1)COc1ccc(N)cc1.CC(C)(COc1ccc(N)cc1)COc1ccc(N)cc1. The monoisotopic (exact) mass is 572 g/mol. The summed E-state index contributed by atoms with van der Waals surface area (Å²) in [6.45, 7) is 10.6. The predicted molar refractivity (Wildman–Crippen MR) is 173 cm³/mol. The number of nitrogens with two attached hydrogens (primary N) is 4. The van der Waals surface area contributed by atoms with E-state index in [2.05, 4.69) is 27.7 Å². The van der Waals surface area contributed by atoms with Crippen LogP contribution in [0.15, 0.2) is 97.1 Å². The molecular weight excluding hydrogens is 528 g/mol. The van der Waals surface area contributed by atoms with Crippen molar-refractivity contribution in [2.75, 3.05) is 49.4 Å². The lowest BCUT2D eigenvalue weighted by atomic mass is 9.96. The highest BCUT2D eigenvalue weighted by Crippen LogP contribution is 2.24. The third-order valence-electron chi connectivity index (χ3n) is 6.04. The Bertz CT molecular complexity index is 1130. The maximum atomic E-state index is 5.78. The molecule has 0 atom stereocenters. The summed E-state index contributed by atoms with van der Waals surface area (Å²) in [4.78, 5) is 0. The van der Waals surface area contributed by atoms with Crippen LogP contribution in [0.4, 0.5) is 22.7 Å². The molecule has 4 rings (SSSR count). The Morgan fingerprint density at radius 3 is 0.690 bits per heavy atom. The zero-order valence-corrected chi connectivity index (χ0v) is 25.0. The summed E-state index contributed by atoms with van der Waals surface area (Å²) in [5, 5.41) is 0. The summed E-state index contributed by atoms with van der Waals surface area (Å²) in [7, 11) is 0. The third kappa shape index (κ3) is 11.8. The maximum absolute atomic E-state index is 5.78. The van der Waals surface area contributed by atoms with Crippen molar-refractivity contribution in [3.8, 4) is 23.0 Å². The van der Waals surface area contributed by atoms with Crippen molar-refractivity contribution in [1.82, 2.24) is 0 Å². The van der Waals surface area contributed by atoms with Gasteiger partial charge >= 0.3 is 0 Å². The zero-order valence-electron chi connectivity index (χ0n) is 25.0. The van der Waals surface area contributed by atoms with Gasteiger partial charge in [0.2, 0.25) is 0 Å². The lowest BCUT2D eigenvalue weighted by molar-refractivity contribution is 0.110. The van der Waals surface area contributed by atoms with Crippen molar-refractivity contribution in [2.24, 2.45) is 10.8 Å². The molecule has 0 heterocycles. The van der Waals surface area contributed by atoms with Crippen LogP contribution >= 0.6 is 0 Å². The second-order valence-corrected chi connectivity index (χ2v) is 11.8. The van der Waals surface area contributed by atoms with Crippen LogP contribution in [0.25, 0.3) is 0 Å². The molecule has 0 saturated carbocycles. The first-order valence-corrected chi connectivity index (χ1v) is 13.8. The van der Waals surface area contributed by atoms with Gasteiger partial charge in [0.1, 0.15) is 23.0 Å². The Balaban J connectivity index is 0.000000230. The van der Waals surface area contributed by atoms with Crippen LogP contribution in [0, 0.1) is 10.8 Å². The summed E-state index contributed by atoms with van der Waals surface area (Å²) < 4.78 is 23.1. The van der Waals surface area contributed by atoms with E-state index in [1.165, 1.54) is 0 Å². The molecule has 8 N–H and O–H groups in total. The van der Waals surface area contributed by atoms with Crippen LogP contribution in [0.1, 0.15) is 27.7 Å². The smallest absolute Gasteiger partial charge is 0.119 e. The van der Waals surface area contributed by atoms with Crippen molar-refractivity contribution in [1.29, 1.82) is 0 Å². The van der Waals surface area contributed by atoms with Gasteiger partial charge in [0.05, 0.1) is 26.4 Å². The molecule has 42 heavy (non-hydrogen) atoms. The quantitative estimate of drug-likeness (QED) is 0.138. The van der Waals surface area contributed by atoms with Gasteiger partial charge in [0.25, 0.3) is 0 Å². The van der Waals surface area contributed by atoms with Crippen LogP contribution in [-0.2, 0) is 0 Å². The number of anilines is 4. The average Bonchev–Trinajstić information content (AvgIpc) is 2.97. The van der Waals surface area contributed by atoms with Gasteiger partial charge in [0.15, 0.2) is 0 Å². The van der Waals surface area contributed by atoms with Gasteiger partial charge < -0.3 is 41.9 Å². The molecule has 8 heteroatoms. The number of ether oxygens (including phenoxy) is 4. The molecule has 0 aliphatic rings. The lowest BCUT2D eigenvalue weighted by Crippen LogP contribution is -2.28. The standard InChI is InChI=1S/2C17H22N2O2/c2*1-17(2,11-20-15-7-3-13(18)4-8-15)12-21-16-9-5-14(19)6-10-16/h2*3-10H,11-12,18-19H2,1-2H3. The molecule has 0 aliphatic carbocycles. The number of hydrogen-bond donors (Lipinski definition) is 4. The Morgan fingerprint density at radius 2 is 0.524 bits per heavy atom. The first kappa shape index (κ1) is 31.8. The Hall–Kier alpha value is -4.72. The fraction of sp³-hybridized carbons (Fsp3) is 0.294. The molecule has 224 valence electrons. The average molecular weight is 573 g/mol. The highest BCUT2D eigenvalue weighted by Gasteiger charge is 2.21. The van der Waals surface area contributed by atoms with Crippen LogP contribution < -0.4 is 41.9 Å². The van der Waals surface area contributed by atoms with Gasteiger partial charge in [-0.25, -0.2) is 0 Å². The van der Waals surface area contributed by atoms with E-state index < -0.39 is 0 Å². The van der Waals surface area contributed by atoms with Gasteiger partial charge in [-0.2, -0.15) is 0 Å². The van der Waals surface area contributed by atoms with Crippen molar-refractivity contribution in [3.63, 3.8) is 0 Å². The largest absolute Gasteiger partial charge is 0.493 e. The van der Waals surface area contributed by atoms with Gasteiger partial charge in [-0.15, -0.1) is 0 Å². The maximum Gasteiger partial charge on any atom is 0.119 e. The summed E-state index contributed by atoms with van der Waals surface area (Å²) in [5.41, 5.74) is 25.3. The third-order valence-corrected chi connectivity index (χ3v) is 6.04. The molecule has 0 spiro atoms. The normalized spacial score (nSPS) is 11.1. The Morgan fingerprint density at radius 1 is 0.357 bits per heavy atom. The van der Waals surface area contributed by atoms with Gasteiger partial charge in [-0.3, -0.25) is 0 Å². The van der Waals surface area contributed by atoms with Gasteiger partial charge in [-0.05, 0) is 97.1 Å². The second-order valence-electron chi connectivity index (χ2n) is 11.8. The summed E-state index contributed by atoms with van der Waals surface area (Å²) in [6.07, 6.45) is 0. The minimum Gasteiger partial charge on any atom is -0.493 e. The van der Waals surface area contributed by atoms with Crippen LogP contribution in [0.2, 0.25) is 0 Å². The molecule has 0 fully saturated rings. The Labute approximate surface area is 249 Å². The van der Waals surface area contributed by atoms with E-state index in [9.17, 15) is 0 Å². The van der Waals surface area contributed by atoms with Crippen LogP contribution in [0.3, 0.4) is 0 Å². The van der Waals surface area contributed by atoms with Crippen LogP contribution in [-0.4, -0.2) is 26.4 Å². The molecule has 0 unspecified atom stereocenters. The molecular formula is C34H44N4O4. The summed E-state index contributed by atoms with van der Waals surface area (Å²) >= 11 is 0. The molecule has 8 nitrogen and oxygen atoms in total. The predicted octanol–water partition coefficient (Wildman–Crippen LogP) is 6.67. The molecule has 0 saturated heterocycles. The van der Waals surface area contributed by atoms with E-state index in [-0.39, 0.29) is 10.8 Å². The van der Waals surface area contributed by atoms with E-state index in [1.807, 2.05) is 97.1 Å². The van der Waals surface area contributed by atoms with E-state index >= 15 is 0 Å². The molecule has 0 radical (unpaired) electrons. The van der Waals surface area contributed by atoms with Crippen molar-refractivity contribution < 1.29 is 18.9 Å². The molecule has 0 aromatic heterocycles. The molecule has 0 aliphatic heterocycles. The Kier molecular flexibility index (Phi) is 11.2. The molecule has 4 aromatic rings. The fourth-order valence-electron chi connectivity index (χ4n) is 3.45. The number of hydrogen-bond acceptors (Lipinski definition) is 8. The fourth-order valence-corrected chi connectivity index (χ4v) is 3.45. The van der Waals surface area contributed by atoms with E-state index in [0.717, 1.165) is 45.7 Å². The molecule has 4 aromatic carbocycles. The number of benzene rings is 4. The minimum atomic E-state index is -0.108. The second kappa shape index (κ2) is 14.8. The van der Waals surface area contributed by atoms with Crippen molar-refractivity contribution >= 4 is 22.7 Å². The topological polar surface area (TPSA) is 141 Å². The van der Waals surface area contributed by atoms with Crippen molar-refractivity contribution in [2.45, 2.75) is 27.7 Å². The first-order valence-electron chi connectivity index (χ1n) is 13.8. The summed E-state index contributed by atoms with van der Waals surface area (Å²) in [6, 6.07) is 29.6. The highest BCUT2D eigenvalue weighted by atomic mass is 16.5. The lowest BCUT2D eigenvalue weighted by Gasteiger charge is -2.25. The van der Waals surface area contributed by atoms with E-state index in [0.29, 0.717) is 26.4 Å². The molecule has 0 bridgehead atoms. The zero-order chi connectivity index (χ0) is 30.6. The van der Waals surface area contributed by atoms with Crippen LogP contribution in [0.5, 0.6) is 23.0 Å². The first-order chi connectivity index (χ1) is 19.9. The van der Waals surface area contributed by atoms with E-state index in [1.54, 1.807) is 0 Å². The number of nitrogen functional groups attached to an aromatic ring is 4. The van der Waals surface area contributed by atoms with Crippen molar-refractivity contribution in [3.05, 3.63) is 97.1 Å². The van der Waals surface area contributed by atoms with Gasteiger partial charge in [-0.1, -0.05) is 27.7 Å². The highest BCUT2D eigenvalue weighted by molar-refractivity contribution is 5.43. The van der Waals surface area contributed by atoms with E-state index in [4.69, 9.17) is 41.9 Å². The number of rotatable bonds is 12. The summed E-state index contributed by atoms with van der Waals surface area (Å²) in [5.74, 6) is 3.24. The minimum absolute atomic E-state index is 0.108. The van der Waals surface area contributed by atoms with Gasteiger partial charge in [0, 0.05) is 33.6 Å². The molecule has 0 amide bonds.